The number of hydrogen-bond donors (Lipinski definition) is 1. The van der Waals surface area contributed by atoms with Crippen molar-refractivity contribution in [1.29, 1.82) is 0 Å². The van der Waals surface area contributed by atoms with Gasteiger partial charge in [-0.2, -0.15) is 5.10 Å². The largest absolute Gasteiger partial charge is 0.321 e. The van der Waals surface area contributed by atoms with Crippen LogP contribution in [-0.4, -0.2) is 39.2 Å². The number of nitrogens with zero attached hydrogens (tertiary/aromatic N) is 4. The van der Waals surface area contributed by atoms with Crippen molar-refractivity contribution in [3.8, 4) is 11.3 Å². The van der Waals surface area contributed by atoms with E-state index in [4.69, 9.17) is 0 Å². The van der Waals surface area contributed by atoms with Gasteiger partial charge in [-0.25, -0.2) is 5.01 Å². The molecule has 0 bridgehead atoms. The third kappa shape index (κ3) is 3.01. The van der Waals surface area contributed by atoms with E-state index in [9.17, 15) is 9.59 Å². The number of rotatable bonds is 3. The van der Waals surface area contributed by atoms with Crippen molar-refractivity contribution in [1.82, 2.24) is 14.6 Å². The van der Waals surface area contributed by atoms with Crippen molar-refractivity contribution < 1.29 is 9.59 Å². The Bertz CT molecular complexity index is 724. The molecule has 0 unspecified atom stereocenters. The SMILES string of the molecule is CN1N=C(C(=O)Nc2ccc(-c3csnn3)cc2)CCC1=O. The molecule has 1 aliphatic heterocycles. The van der Waals surface area contributed by atoms with Gasteiger partial charge in [-0.05, 0) is 23.7 Å². The molecule has 2 amide bonds. The van der Waals surface area contributed by atoms with Crippen LogP contribution in [-0.2, 0) is 9.59 Å². The highest BCUT2D eigenvalue weighted by Crippen LogP contribution is 2.20. The fourth-order valence-corrected chi connectivity index (χ4v) is 2.52. The summed E-state index contributed by atoms with van der Waals surface area (Å²) in [5.41, 5.74) is 2.76. The average molecular weight is 315 g/mol. The van der Waals surface area contributed by atoms with Gasteiger partial charge >= 0.3 is 0 Å². The number of carbonyl (C=O) groups excluding carboxylic acids is 2. The maximum atomic E-state index is 12.1. The Kier molecular flexibility index (Phi) is 3.92. The first-order valence-corrected chi connectivity index (χ1v) is 7.50. The number of benzene rings is 1. The van der Waals surface area contributed by atoms with Crippen LogP contribution in [0.15, 0.2) is 34.7 Å². The van der Waals surface area contributed by atoms with Crippen LogP contribution in [0.3, 0.4) is 0 Å². The lowest BCUT2D eigenvalue weighted by molar-refractivity contribution is -0.130. The van der Waals surface area contributed by atoms with E-state index in [0.29, 0.717) is 24.2 Å². The Labute approximate surface area is 130 Å². The molecule has 0 saturated carbocycles. The summed E-state index contributed by atoms with van der Waals surface area (Å²) in [7, 11) is 1.55. The molecule has 0 saturated heterocycles. The molecule has 8 heteroatoms. The Hall–Kier alpha value is -2.61. The Morgan fingerprint density at radius 1 is 1.27 bits per heavy atom. The molecule has 1 aromatic carbocycles. The molecule has 7 nitrogen and oxygen atoms in total. The van der Waals surface area contributed by atoms with Gasteiger partial charge in [0.15, 0.2) is 0 Å². The summed E-state index contributed by atoms with van der Waals surface area (Å²) in [6, 6.07) is 7.32. The summed E-state index contributed by atoms with van der Waals surface area (Å²) in [4.78, 5) is 23.5. The second kappa shape index (κ2) is 6.02. The number of hydrazone groups is 1. The zero-order valence-electron chi connectivity index (χ0n) is 11.8. The van der Waals surface area contributed by atoms with Gasteiger partial charge < -0.3 is 5.32 Å². The Balaban J connectivity index is 1.69. The van der Waals surface area contributed by atoms with Crippen molar-refractivity contribution in [3.05, 3.63) is 29.6 Å². The molecule has 1 aliphatic rings. The fraction of sp³-hybridized carbons (Fsp3) is 0.214. The maximum Gasteiger partial charge on any atom is 0.271 e. The third-order valence-electron chi connectivity index (χ3n) is 3.27. The summed E-state index contributed by atoms with van der Waals surface area (Å²) in [6.45, 7) is 0. The normalized spacial score (nSPS) is 14.7. The summed E-state index contributed by atoms with van der Waals surface area (Å²) < 4.78 is 3.82. The van der Waals surface area contributed by atoms with Gasteiger partial charge in [-0.1, -0.05) is 16.6 Å². The number of anilines is 1. The van der Waals surface area contributed by atoms with Crippen LogP contribution in [0.4, 0.5) is 5.69 Å². The van der Waals surface area contributed by atoms with Gasteiger partial charge in [-0.3, -0.25) is 9.59 Å². The summed E-state index contributed by atoms with van der Waals surface area (Å²) >= 11 is 1.29. The third-order valence-corrected chi connectivity index (χ3v) is 3.77. The van der Waals surface area contributed by atoms with Gasteiger partial charge in [0.25, 0.3) is 5.91 Å². The first-order valence-electron chi connectivity index (χ1n) is 6.66. The standard InChI is InChI=1S/C14H13N5O2S/c1-19-13(20)7-6-11(17-19)14(21)15-10-4-2-9(3-5-10)12-8-22-18-16-12/h2-5,8H,6-7H2,1H3,(H,15,21). The number of hydrogen-bond acceptors (Lipinski definition) is 6. The fourth-order valence-electron chi connectivity index (χ4n) is 2.05. The molecule has 0 atom stereocenters. The minimum atomic E-state index is -0.289. The van der Waals surface area contributed by atoms with E-state index >= 15 is 0 Å². The molecule has 3 rings (SSSR count). The van der Waals surface area contributed by atoms with Gasteiger partial charge in [0.2, 0.25) is 5.91 Å². The molecular weight excluding hydrogens is 302 g/mol. The highest BCUT2D eigenvalue weighted by atomic mass is 32.1. The number of amides is 2. The first-order chi connectivity index (χ1) is 10.6. The van der Waals surface area contributed by atoms with Crippen molar-refractivity contribution in [2.75, 3.05) is 12.4 Å². The molecule has 0 radical (unpaired) electrons. The highest BCUT2D eigenvalue weighted by molar-refractivity contribution is 7.03. The predicted molar refractivity (Wildman–Crippen MR) is 83.4 cm³/mol. The van der Waals surface area contributed by atoms with Crippen molar-refractivity contribution >= 4 is 34.7 Å². The van der Waals surface area contributed by atoms with Crippen molar-refractivity contribution in [3.63, 3.8) is 0 Å². The molecule has 0 aliphatic carbocycles. The van der Waals surface area contributed by atoms with E-state index in [1.807, 2.05) is 17.5 Å². The van der Waals surface area contributed by atoms with Crippen molar-refractivity contribution in [2.45, 2.75) is 12.8 Å². The molecule has 0 fully saturated rings. The molecule has 1 N–H and O–H groups in total. The van der Waals surface area contributed by atoms with Gasteiger partial charge in [0.05, 0.1) is 0 Å². The van der Waals surface area contributed by atoms with Crippen LogP contribution in [0.25, 0.3) is 11.3 Å². The quantitative estimate of drug-likeness (QED) is 0.934. The summed E-state index contributed by atoms with van der Waals surface area (Å²) in [6.07, 6.45) is 0.663. The highest BCUT2D eigenvalue weighted by Gasteiger charge is 2.21. The smallest absolute Gasteiger partial charge is 0.271 e. The van der Waals surface area contributed by atoms with Crippen LogP contribution in [0.5, 0.6) is 0 Å². The molecule has 0 spiro atoms. The second-order valence-electron chi connectivity index (χ2n) is 4.79. The number of aromatic nitrogens is 2. The Morgan fingerprint density at radius 2 is 2.05 bits per heavy atom. The van der Waals surface area contributed by atoms with Crippen LogP contribution in [0.1, 0.15) is 12.8 Å². The lowest BCUT2D eigenvalue weighted by Gasteiger charge is -2.18. The van der Waals surface area contributed by atoms with Crippen LogP contribution < -0.4 is 5.32 Å². The maximum absolute atomic E-state index is 12.1. The van der Waals surface area contributed by atoms with E-state index in [2.05, 4.69) is 20.0 Å². The summed E-state index contributed by atoms with van der Waals surface area (Å²) in [5.74, 6) is -0.375. The first kappa shape index (κ1) is 14.3. The van der Waals surface area contributed by atoms with Crippen LogP contribution in [0, 0.1) is 0 Å². The second-order valence-corrected chi connectivity index (χ2v) is 5.40. The van der Waals surface area contributed by atoms with E-state index in [0.717, 1.165) is 11.3 Å². The van der Waals surface area contributed by atoms with Gasteiger partial charge in [0.1, 0.15) is 11.4 Å². The number of carbonyl (C=O) groups is 2. The predicted octanol–water partition coefficient (Wildman–Crippen LogP) is 1.75. The molecule has 2 heterocycles. The topological polar surface area (TPSA) is 87.6 Å². The van der Waals surface area contributed by atoms with E-state index in [1.165, 1.54) is 16.5 Å². The lowest BCUT2D eigenvalue weighted by Crippen LogP contribution is -2.34. The Morgan fingerprint density at radius 3 is 2.68 bits per heavy atom. The van der Waals surface area contributed by atoms with Crippen LogP contribution in [0.2, 0.25) is 0 Å². The van der Waals surface area contributed by atoms with Crippen LogP contribution >= 0.6 is 11.5 Å². The minimum absolute atomic E-state index is 0.0854. The molecule has 112 valence electrons. The van der Waals surface area contributed by atoms with Gasteiger partial charge in [-0.15, -0.1) is 5.10 Å². The monoisotopic (exact) mass is 315 g/mol. The number of nitrogens with one attached hydrogen (secondary N) is 1. The van der Waals surface area contributed by atoms with E-state index in [-0.39, 0.29) is 11.8 Å². The molecule has 1 aromatic heterocycles. The minimum Gasteiger partial charge on any atom is -0.321 e. The van der Waals surface area contributed by atoms with Crippen molar-refractivity contribution in [2.24, 2.45) is 5.10 Å². The molecular formula is C14H13N5O2S. The van der Waals surface area contributed by atoms with Gasteiger partial charge in [0, 0.05) is 36.5 Å². The zero-order chi connectivity index (χ0) is 15.5. The molecule has 22 heavy (non-hydrogen) atoms. The molecule has 2 aromatic rings. The summed E-state index contributed by atoms with van der Waals surface area (Å²) in [5, 5.41) is 13.8. The van der Waals surface area contributed by atoms with E-state index < -0.39 is 0 Å². The van der Waals surface area contributed by atoms with E-state index in [1.54, 1.807) is 19.2 Å². The zero-order valence-corrected chi connectivity index (χ0v) is 12.6. The lowest BCUT2D eigenvalue weighted by atomic mass is 10.1. The average Bonchev–Trinajstić information content (AvgIpc) is 3.05.